The average Bonchev–Trinajstić information content (AvgIpc) is 2.16. The number of aliphatic carboxylic acids is 1. The van der Waals surface area contributed by atoms with E-state index in [-0.39, 0.29) is 0 Å². The number of hydrogen-bond acceptors (Lipinski definition) is 2. The zero-order chi connectivity index (χ0) is 10.7. The van der Waals surface area contributed by atoms with E-state index in [0.717, 1.165) is 0 Å². The Labute approximate surface area is 91.2 Å². The standard InChI is InChI=1S/C9H8Cl2O3/c1-14-7-3-2-5(4-6(7)10)8(11)9(12)13/h2-4,8H,1H3,(H,12,13). The summed E-state index contributed by atoms with van der Waals surface area (Å²) < 4.78 is 4.92. The van der Waals surface area contributed by atoms with Crippen LogP contribution in [0, 0.1) is 0 Å². The molecule has 0 saturated heterocycles. The molecule has 1 N–H and O–H groups in total. The van der Waals surface area contributed by atoms with Gasteiger partial charge in [0.2, 0.25) is 0 Å². The van der Waals surface area contributed by atoms with E-state index < -0.39 is 11.3 Å². The number of carboxylic acids is 1. The number of ether oxygens (including phenoxy) is 1. The monoisotopic (exact) mass is 234 g/mol. The molecule has 0 aromatic heterocycles. The van der Waals surface area contributed by atoms with Crippen molar-refractivity contribution in [2.45, 2.75) is 5.38 Å². The number of hydrogen-bond donors (Lipinski definition) is 1. The molecule has 0 radical (unpaired) electrons. The highest BCUT2D eigenvalue weighted by atomic mass is 35.5. The third-order valence-corrected chi connectivity index (χ3v) is 2.42. The van der Waals surface area contributed by atoms with Crippen LogP contribution in [0.5, 0.6) is 5.75 Å². The summed E-state index contributed by atoms with van der Waals surface area (Å²) in [6, 6.07) is 4.62. The van der Waals surface area contributed by atoms with Gasteiger partial charge in [-0.25, -0.2) is 0 Å². The molecule has 0 aliphatic carbocycles. The SMILES string of the molecule is COc1ccc(C(Cl)C(=O)O)cc1Cl. The van der Waals surface area contributed by atoms with Crippen molar-refractivity contribution >= 4 is 29.2 Å². The molecular formula is C9H8Cl2O3. The van der Waals surface area contributed by atoms with Crippen LogP contribution in [-0.4, -0.2) is 18.2 Å². The highest BCUT2D eigenvalue weighted by molar-refractivity contribution is 6.33. The van der Waals surface area contributed by atoms with E-state index in [1.54, 1.807) is 12.1 Å². The second-order valence-electron chi connectivity index (χ2n) is 2.59. The van der Waals surface area contributed by atoms with Crippen molar-refractivity contribution in [3.05, 3.63) is 28.8 Å². The van der Waals surface area contributed by atoms with Gasteiger partial charge in [-0.3, -0.25) is 4.79 Å². The van der Waals surface area contributed by atoms with Crippen LogP contribution in [0.25, 0.3) is 0 Å². The minimum absolute atomic E-state index is 0.344. The lowest BCUT2D eigenvalue weighted by atomic mass is 10.1. The van der Waals surface area contributed by atoms with Crippen molar-refractivity contribution in [2.24, 2.45) is 0 Å². The number of benzene rings is 1. The summed E-state index contributed by atoms with van der Waals surface area (Å²) in [4.78, 5) is 10.6. The van der Waals surface area contributed by atoms with Crippen LogP contribution in [-0.2, 0) is 4.79 Å². The van der Waals surface area contributed by atoms with Crippen molar-refractivity contribution in [1.29, 1.82) is 0 Å². The number of methoxy groups -OCH3 is 1. The van der Waals surface area contributed by atoms with Crippen LogP contribution in [0.4, 0.5) is 0 Å². The zero-order valence-corrected chi connectivity index (χ0v) is 8.84. The van der Waals surface area contributed by atoms with Crippen molar-refractivity contribution < 1.29 is 14.6 Å². The summed E-state index contributed by atoms with van der Waals surface area (Å²) in [5.74, 6) is -0.613. The molecule has 0 amide bonds. The first-order chi connectivity index (χ1) is 6.56. The fraction of sp³-hybridized carbons (Fsp3) is 0.222. The van der Waals surface area contributed by atoms with Gasteiger partial charge in [0.15, 0.2) is 5.38 Å². The number of alkyl halides is 1. The van der Waals surface area contributed by atoms with Gasteiger partial charge < -0.3 is 9.84 Å². The number of carboxylic acid groups (broad SMARTS) is 1. The fourth-order valence-electron chi connectivity index (χ4n) is 0.983. The van der Waals surface area contributed by atoms with Crippen LogP contribution in [0.15, 0.2) is 18.2 Å². The van der Waals surface area contributed by atoms with Crippen LogP contribution >= 0.6 is 23.2 Å². The van der Waals surface area contributed by atoms with Gasteiger partial charge in [0, 0.05) is 0 Å². The third kappa shape index (κ3) is 2.30. The first-order valence-corrected chi connectivity index (χ1v) is 4.58. The molecule has 0 bridgehead atoms. The first-order valence-electron chi connectivity index (χ1n) is 3.76. The molecule has 76 valence electrons. The van der Waals surface area contributed by atoms with E-state index in [2.05, 4.69) is 0 Å². The average molecular weight is 235 g/mol. The molecule has 3 nitrogen and oxygen atoms in total. The number of halogens is 2. The topological polar surface area (TPSA) is 46.5 Å². The summed E-state index contributed by atoms with van der Waals surface area (Å²) in [6.45, 7) is 0. The Kier molecular flexibility index (Phi) is 3.61. The van der Waals surface area contributed by atoms with Crippen molar-refractivity contribution in [1.82, 2.24) is 0 Å². The fourth-order valence-corrected chi connectivity index (χ4v) is 1.38. The predicted molar refractivity (Wildman–Crippen MR) is 54.2 cm³/mol. The Hall–Kier alpha value is -0.930. The molecule has 0 heterocycles. The lowest BCUT2D eigenvalue weighted by Crippen LogP contribution is -2.04. The lowest BCUT2D eigenvalue weighted by molar-refractivity contribution is -0.136. The quantitative estimate of drug-likeness (QED) is 0.819. The predicted octanol–water partition coefficient (Wildman–Crippen LogP) is 2.71. The molecule has 1 aromatic carbocycles. The van der Waals surface area contributed by atoms with Crippen molar-refractivity contribution in [2.75, 3.05) is 7.11 Å². The van der Waals surface area contributed by atoms with Crippen LogP contribution in [0.1, 0.15) is 10.9 Å². The normalized spacial score (nSPS) is 12.2. The van der Waals surface area contributed by atoms with E-state index in [4.69, 9.17) is 33.0 Å². The maximum Gasteiger partial charge on any atom is 0.326 e. The lowest BCUT2D eigenvalue weighted by Gasteiger charge is -2.07. The molecule has 1 atom stereocenters. The van der Waals surface area contributed by atoms with Gasteiger partial charge in [-0.2, -0.15) is 0 Å². The smallest absolute Gasteiger partial charge is 0.326 e. The Morgan fingerprint density at radius 2 is 2.21 bits per heavy atom. The number of carbonyl (C=O) groups is 1. The highest BCUT2D eigenvalue weighted by Gasteiger charge is 2.17. The largest absolute Gasteiger partial charge is 0.495 e. The van der Waals surface area contributed by atoms with Crippen molar-refractivity contribution in [3.8, 4) is 5.75 Å². The second-order valence-corrected chi connectivity index (χ2v) is 3.44. The second kappa shape index (κ2) is 4.53. The molecular weight excluding hydrogens is 227 g/mol. The minimum Gasteiger partial charge on any atom is -0.495 e. The summed E-state index contributed by atoms with van der Waals surface area (Å²) in [5, 5.41) is 7.91. The van der Waals surface area contributed by atoms with Gasteiger partial charge >= 0.3 is 5.97 Å². The van der Waals surface area contributed by atoms with Crippen LogP contribution in [0.2, 0.25) is 5.02 Å². The Morgan fingerprint density at radius 3 is 2.64 bits per heavy atom. The summed E-state index contributed by atoms with van der Waals surface area (Å²) >= 11 is 11.4. The molecule has 0 fully saturated rings. The van der Waals surface area contributed by atoms with Gasteiger partial charge in [0.25, 0.3) is 0 Å². The van der Waals surface area contributed by atoms with Crippen molar-refractivity contribution in [3.63, 3.8) is 0 Å². The molecule has 0 aliphatic rings. The molecule has 0 saturated carbocycles. The highest BCUT2D eigenvalue weighted by Crippen LogP contribution is 2.29. The molecule has 1 rings (SSSR count). The Balaban J connectivity index is 3.02. The molecule has 14 heavy (non-hydrogen) atoms. The minimum atomic E-state index is -1.10. The molecule has 5 heteroatoms. The van der Waals surface area contributed by atoms with E-state index in [1.165, 1.54) is 13.2 Å². The van der Waals surface area contributed by atoms with Gasteiger partial charge in [-0.05, 0) is 17.7 Å². The molecule has 0 spiro atoms. The van der Waals surface area contributed by atoms with Crippen LogP contribution in [0.3, 0.4) is 0 Å². The zero-order valence-electron chi connectivity index (χ0n) is 7.33. The first kappa shape index (κ1) is 11.1. The summed E-state index contributed by atoms with van der Waals surface area (Å²) in [7, 11) is 1.48. The number of rotatable bonds is 3. The van der Waals surface area contributed by atoms with E-state index in [1.807, 2.05) is 0 Å². The summed E-state index contributed by atoms with van der Waals surface area (Å²) in [5.41, 5.74) is 0.435. The van der Waals surface area contributed by atoms with E-state index in [9.17, 15) is 4.79 Å². The Morgan fingerprint density at radius 1 is 1.57 bits per heavy atom. The third-order valence-electron chi connectivity index (χ3n) is 1.69. The van der Waals surface area contributed by atoms with Gasteiger partial charge in [0.1, 0.15) is 5.75 Å². The van der Waals surface area contributed by atoms with Gasteiger partial charge in [0.05, 0.1) is 12.1 Å². The van der Waals surface area contributed by atoms with Gasteiger partial charge in [-0.1, -0.05) is 17.7 Å². The Bertz CT molecular complexity index is 352. The molecule has 1 unspecified atom stereocenters. The maximum atomic E-state index is 10.6. The maximum absolute atomic E-state index is 10.6. The molecule has 0 aliphatic heterocycles. The van der Waals surface area contributed by atoms with E-state index in [0.29, 0.717) is 16.3 Å². The summed E-state index contributed by atoms with van der Waals surface area (Å²) in [6.07, 6.45) is 0. The van der Waals surface area contributed by atoms with E-state index >= 15 is 0 Å². The van der Waals surface area contributed by atoms with Crippen LogP contribution < -0.4 is 4.74 Å². The molecule has 1 aromatic rings. The van der Waals surface area contributed by atoms with Gasteiger partial charge in [-0.15, -0.1) is 11.6 Å².